The van der Waals surface area contributed by atoms with Gasteiger partial charge in [0, 0.05) is 7.11 Å². The first-order valence-electron chi connectivity index (χ1n) is 5.98. The highest BCUT2D eigenvalue weighted by Gasteiger charge is 2.12. The molecular formula is C12H20O6PS. The van der Waals surface area contributed by atoms with Gasteiger partial charge in [-0.15, -0.1) is 0 Å². The van der Waals surface area contributed by atoms with Crippen molar-refractivity contribution in [1.82, 2.24) is 0 Å². The summed E-state index contributed by atoms with van der Waals surface area (Å²) in [5.74, 6) is 0. The molecule has 0 unspecified atom stereocenters. The van der Waals surface area contributed by atoms with Gasteiger partial charge in [-0.3, -0.25) is 0 Å². The van der Waals surface area contributed by atoms with E-state index < -0.39 is 18.7 Å². The van der Waals surface area contributed by atoms with Crippen molar-refractivity contribution in [1.29, 1.82) is 0 Å². The normalized spacial score (nSPS) is 11.1. The van der Waals surface area contributed by atoms with Gasteiger partial charge in [0.25, 0.3) is 0 Å². The molecule has 0 heterocycles. The number of hydrogen-bond acceptors (Lipinski definition) is 5. The molecule has 1 aromatic carbocycles. The first kappa shape index (κ1) is 19.4. The molecule has 0 saturated heterocycles. The van der Waals surface area contributed by atoms with Gasteiger partial charge in [0.1, 0.15) is 0 Å². The average molecular weight is 323 g/mol. The Morgan fingerprint density at radius 2 is 1.60 bits per heavy atom. The van der Waals surface area contributed by atoms with Gasteiger partial charge < -0.3 is 13.6 Å². The second-order valence-corrected chi connectivity index (χ2v) is 6.14. The monoisotopic (exact) mass is 323 g/mol. The van der Waals surface area contributed by atoms with Crippen molar-refractivity contribution in [3.05, 3.63) is 29.8 Å². The highest BCUT2D eigenvalue weighted by molar-refractivity contribution is 7.85. The fourth-order valence-electron chi connectivity index (χ4n) is 1.19. The number of rotatable bonds is 6. The molecule has 0 saturated carbocycles. The fourth-order valence-corrected chi connectivity index (χ4v) is 2.61. The molecule has 20 heavy (non-hydrogen) atoms. The Morgan fingerprint density at radius 3 is 1.90 bits per heavy atom. The molecule has 0 N–H and O–H groups in total. The molecule has 0 aliphatic rings. The van der Waals surface area contributed by atoms with E-state index in [1.54, 1.807) is 26.2 Å². The van der Waals surface area contributed by atoms with Crippen LogP contribution in [0, 0.1) is 6.92 Å². The molecule has 0 atom stereocenters. The molecule has 0 amide bonds. The van der Waals surface area contributed by atoms with Crippen molar-refractivity contribution in [2.75, 3.05) is 20.3 Å². The molecule has 6 nitrogen and oxygen atoms in total. The second kappa shape index (κ2) is 10.2. The van der Waals surface area contributed by atoms with E-state index in [9.17, 15) is 13.0 Å². The first-order valence-corrected chi connectivity index (χ1v) is 8.48. The van der Waals surface area contributed by atoms with E-state index in [0.29, 0.717) is 18.8 Å². The van der Waals surface area contributed by atoms with Crippen LogP contribution in [0.25, 0.3) is 0 Å². The molecule has 0 spiro atoms. The Hall–Kier alpha value is -0.560. The maximum Gasteiger partial charge on any atom is 0.332 e. The summed E-state index contributed by atoms with van der Waals surface area (Å²) in [6.45, 7) is 6.69. The summed E-state index contributed by atoms with van der Waals surface area (Å²) >= 11 is 0. The van der Waals surface area contributed by atoms with Crippen molar-refractivity contribution in [3.63, 3.8) is 0 Å². The predicted octanol–water partition coefficient (Wildman–Crippen LogP) is 3.05. The predicted molar refractivity (Wildman–Crippen MR) is 76.2 cm³/mol. The van der Waals surface area contributed by atoms with Crippen LogP contribution in [0.5, 0.6) is 0 Å². The SMILES string of the molecule is CCOP(OC)OCC.Cc1ccccc1S([O])(=O)=O. The van der Waals surface area contributed by atoms with Crippen molar-refractivity contribution >= 4 is 18.7 Å². The van der Waals surface area contributed by atoms with Crippen molar-refractivity contribution in [2.24, 2.45) is 0 Å². The molecule has 115 valence electrons. The number of hydrogen-bond donors (Lipinski definition) is 0. The van der Waals surface area contributed by atoms with Gasteiger partial charge in [0.15, 0.2) is 0 Å². The van der Waals surface area contributed by atoms with E-state index in [1.807, 2.05) is 13.8 Å². The molecule has 8 heteroatoms. The van der Waals surface area contributed by atoms with E-state index in [-0.39, 0.29) is 4.90 Å². The Morgan fingerprint density at radius 1 is 1.10 bits per heavy atom. The minimum Gasteiger partial charge on any atom is -0.316 e. The van der Waals surface area contributed by atoms with Crippen molar-refractivity contribution < 1.29 is 26.5 Å². The standard InChI is InChI=1S/C7H7O3S.C5H13O3P/c1-6-4-2-3-5-7(6)11(8,9)10;1-4-7-9(6-3)8-5-2/h2-5H,1H3;4-5H2,1-3H3. The summed E-state index contributed by atoms with van der Waals surface area (Å²) in [6, 6.07) is 6.10. The van der Waals surface area contributed by atoms with E-state index >= 15 is 0 Å². The molecular weight excluding hydrogens is 303 g/mol. The molecule has 0 fully saturated rings. The number of aryl methyl sites for hydroxylation is 1. The van der Waals surface area contributed by atoms with Gasteiger partial charge in [-0.25, -0.2) is 0 Å². The molecule has 0 aliphatic carbocycles. The van der Waals surface area contributed by atoms with Crippen LogP contribution in [0.2, 0.25) is 0 Å². The maximum absolute atomic E-state index is 10.5. The van der Waals surface area contributed by atoms with Crippen LogP contribution in [-0.4, -0.2) is 28.7 Å². The summed E-state index contributed by atoms with van der Waals surface area (Å²) in [5.41, 5.74) is 0.488. The summed E-state index contributed by atoms with van der Waals surface area (Å²) < 4.78 is 46.4. The lowest BCUT2D eigenvalue weighted by molar-refractivity contribution is 0.194. The quantitative estimate of drug-likeness (QED) is 0.752. The lowest BCUT2D eigenvalue weighted by atomic mass is 10.2. The minimum absolute atomic E-state index is 0.139. The van der Waals surface area contributed by atoms with Crippen LogP contribution in [0.15, 0.2) is 29.2 Å². The number of benzene rings is 1. The third kappa shape index (κ3) is 7.89. The fraction of sp³-hybridized carbons (Fsp3) is 0.500. The molecule has 1 radical (unpaired) electrons. The zero-order valence-corrected chi connectivity index (χ0v) is 13.7. The lowest BCUT2D eigenvalue weighted by Crippen LogP contribution is -1.97. The van der Waals surface area contributed by atoms with Gasteiger partial charge in [0.2, 0.25) is 0 Å². The van der Waals surface area contributed by atoms with E-state index in [2.05, 4.69) is 0 Å². The van der Waals surface area contributed by atoms with Crippen LogP contribution in [0.1, 0.15) is 19.4 Å². The van der Waals surface area contributed by atoms with E-state index in [4.69, 9.17) is 13.6 Å². The summed E-state index contributed by atoms with van der Waals surface area (Å²) in [5, 5.41) is 0. The Bertz CT molecular complexity index is 471. The zero-order valence-electron chi connectivity index (χ0n) is 12.0. The minimum atomic E-state index is -4.28. The highest BCUT2D eigenvalue weighted by Crippen LogP contribution is 2.37. The Kier molecular flexibility index (Phi) is 9.92. The molecule has 0 aromatic heterocycles. The maximum atomic E-state index is 10.5. The largest absolute Gasteiger partial charge is 0.332 e. The second-order valence-electron chi connectivity index (χ2n) is 3.46. The molecule has 0 bridgehead atoms. The van der Waals surface area contributed by atoms with Crippen molar-refractivity contribution in [2.45, 2.75) is 25.7 Å². The van der Waals surface area contributed by atoms with Gasteiger partial charge in [-0.05, 0) is 32.4 Å². The first-order chi connectivity index (χ1) is 9.36. The van der Waals surface area contributed by atoms with Gasteiger partial charge >= 0.3 is 18.7 Å². The zero-order chi connectivity index (χ0) is 15.6. The van der Waals surface area contributed by atoms with Crippen LogP contribution in [0.4, 0.5) is 0 Å². The third-order valence-corrected chi connectivity index (χ3v) is 4.21. The third-order valence-electron chi connectivity index (χ3n) is 1.98. The molecule has 1 aromatic rings. The summed E-state index contributed by atoms with van der Waals surface area (Å²) in [4.78, 5) is -0.139. The van der Waals surface area contributed by atoms with Crippen LogP contribution < -0.4 is 0 Å². The smallest absolute Gasteiger partial charge is 0.316 e. The highest BCUT2D eigenvalue weighted by atomic mass is 32.2. The topological polar surface area (TPSA) is 81.7 Å². The average Bonchev–Trinajstić information content (AvgIpc) is 2.38. The van der Waals surface area contributed by atoms with E-state index in [1.165, 1.54) is 12.1 Å². The van der Waals surface area contributed by atoms with Crippen molar-refractivity contribution in [3.8, 4) is 0 Å². The molecule has 1 rings (SSSR count). The lowest BCUT2D eigenvalue weighted by Gasteiger charge is -2.10. The molecule has 0 aliphatic heterocycles. The van der Waals surface area contributed by atoms with Gasteiger partial charge in [-0.2, -0.15) is 8.42 Å². The summed E-state index contributed by atoms with van der Waals surface area (Å²) in [7, 11) is -3.76. The van der Waals surface area contributed by atoms with Gasteiger partial charge in [0.05, 0.1) is 18.1 Å². The van der Waals surface area contributed by atoms with Gasteiger partial charge in [-0.1, -0.05) is 22.8 Å². The Balaban J connectivity index is 0.000000370. The van der Waals surface area contributed by atoms with Crippen LogP contribution in [-0.2, 0) is 28.2 Å². The van der Waals surface area contributed by atoms with Crippen LogP contribution in [0.3, 0.4) is 0 Å². The Labute approximate surface area is 121 Å². The summed E-state index contributed by atoms with van der Waals surface area (Å²) in [6.07, 6.45) is 0. The van der Waals surface area contributed by atoms with E-state index in [0.717, 1.165) is 0 Å². The van der Waals surface area contributed by atoms with Crippen LogP contribution >= 0.6 is 8.60 Å².